The molecule has 0 atom stereocenters. The van der Waals surface area contributed by atoms with Crippen LogP contribution in [0.4, 0.5) is 18.3 Å². The fourth-order valence-corrected chi connectivity index (χ4v) is 2.88. The lowest BCUT2D eigenvalue weighted by molar-refractivity contribution is -0.137. The SMILES string of the molecule is CC(C)c1nnc(NC(=O)c2ccc(-c3cccc(C(F)(F)F)c3)o2)s1. The zero-order valence-corrected chi connectivity index (χ0v) is 14.6. The molecule has 0 aliphatic carbocycles. The quantitative estimate of drug-likeness (QED) is 0.675. The molecule has 5 nitrogen and oxygen atoms in total. The van der Waals surface area contributed by atoms with Crippen molar-refractivity contribution in [3.63, 3.8) is 0 Å². The maximum absolute atomic E-state index is 12.8. The van der Waals surface area contributed by atoms with Gasteiger partial charge in [-0.25, -0.2) is 0 Å². The predicted octanol–water partition coefficient (Wildman–Crippen LogP) is 5.19. The van der Waals surface area contributed by atoms with Crippen LogP contribution in [0.5, 0.6) is 0 Å². The van der Waals surface area contributed by atoms with Crippen LogP contribution in [0.1, 0.15) is 40.9 Å². The normalized spacial score (nSPS) is 11.8. The van der Waals surface area contributed by atoms with Crippen LogP contribution in [0.25, 0.3) is 11.3 Å². The van der Waals surface area contributed by atoms with Gasteiger partial charge in [0.05, 0.1) is 5.56 Å². The molecule has 3 aromatic rings. The molecule has 2 aromatic heterocycles. The number of halogens is 3. The van der Waals surface area contributed by atoms with Crippen LogP contribution in [-0.2, 0) is 6.18 Å². The van der Waals surface area contributed by atoms with Crippen LogP contribution < -0.4 is 5.32 Å². The molecule has 0 radical (unpaired) electrons. The Labute approximate surface area is 150 Å². The van der Waals surface area contributed by atoms with E-state index in [1.807, 2.05) is 13.8 Å². The summed E-state index contributed by atoms with van der Waals surface area (Å²) in [5, 5.41) is 11.5. The van der Waals surface area contributed by atoms with Crippen molar-refractivity contribution in [3.8, 4) is 11.3 Å². The molecule has 26 heavy (non-hydrogen) atoms. The van der Waals surface area contributed by atoms with Gasteiger partial charge in [-0.2, -0.15) is 13.2 Å². The number of carbonyl (C=O) groups excluding carboxylic acids is 1. The summed E-state index contributed by atoms with van der Waals surface area (Å²) in [6.07, 6.45) is -4.45. The van der Waals surface area contributed by atoms with Gasteiger partial charge in [0.1, 0.15) is 10.8 Å². The Morgan fingerprint density at radius 1 is 1.19 bits per heavy atom. The molecule has 1 amide bonds. The lowest BCUT2D eigenvalue weighted by Crippen LogP contribution is -2.10. The standard InChI is InChI=1S/C17H14F3N3O2S/c1-9(2)15-22-23-16(26-15)21-14(24)13-7-6-12(25-13)10-4-3-5-11(8-10)17(18,19)20/h3-9H,1-2H3,(H,21,23,24). The Kier molecular flexibility index (Phi) is 4.82. The fraction of sp³-hybridized carbons (Fsp3) is 0.235. The molecule has 0 bridgehead atoms. The van der Waals surface area contributed by atoms with Crippen LogP contribution in [0.2, 0.25) is 0 Å². The van der Waals surface area contributed by atoms with Gasteiger partial charge in [-0.05, 0) is 24.3 Å². The lowest BCUT2D eigenvalue weighted by atomic mass is 10.1. The van der Waals surface area contributed by atoms with Gasteiger partial charge in [0.15, 0.2) is 5.76 Å². The van der Waals surface area contributed by atoms with E-state index in [9.17, 15) is 18.0 Å². The second-order valence-corrected chi connectivity index (χ2v) is 6.81. The van der Waals surface area contributed by atoms with Gasteiger partial charge in [-0.15, -0.1) is 10.2 Å². The maximum Gasteiger partial charge on any atom is 0.416 e. The zero-order valence-electron chi connectivity index (χ0n) is 13.8. The average molecular weight is 381 g/mol. The number of hydrogen-bond donors (Lipinski definition) is 1. The maximum atomic E-state index is 12.8. The molecule has 0 unspecified atom stereocenters. The third kappa shape index (κ3) is 3.93. The summed E-state index contributed by atoms with van der Waals surface area (Å²) in [6, 6.07) is 7.56. The van der Waals surface area contributed by atoms with Gasteiger partial charge in [-0.1, -0.05) is 37.3 Å². The van der Waals surface area contributed by atoms with Crippen molar-refractivity contribution in [1.29, 1.82) is 0 Å². The van der Waals surface area contributed by atoms with Crippen molar-refractivity contribution in [2.45, 2.75) is 25.9 Å². The summed E-state index contributed by atoms with van der Waals surface area (Å²) in [7, 11) is 0. The molecule has 0 saturated carbocycles. The average Bonchev–Trinajstić information content (AvgIpc) is 3.23. The molecule has 136 valence electrons. The third-order valence-corrected chi connectivity index (χ3v) is 4.60. The monoisotopic (exact) mass is 381 g/mol. The van der Waals surface area contributed by atoms with Crippen LogP contribution in [0.15, 0.2) is 40.8 Å². The van der Waals surface area contributed by atoms with Crippen LogP contribution >= 0.6 is 11.3 Å². The fourth-order valence-electron chi connectivity index (χ4n) is 2.14. The minimum absolute atomic E-state index is 0.0290. The van der Waals surface area contributed by atoms with Gasteiger partial charge in [-0.3, -0.25) is 10.1 Å². The molecule has 0 aliphatic heterocycles. The molecule has 9 heteroatoms. The van der Waals surface area contributed by atoms with Gasteiger partial charge in [0.2, 0.25) is 5.13 Å². The van der Waals surface area contributed by atoms with Crippen molar-refractivity contribution in [3.05, 3.63) is 52.7 Å². The smallest absolute Gasteiger partial charge is 0.416 e. The molecule has 0 fully saturated rings. The molecule has 1 N–H and O–H groups in total. The number of amides is 1. The zero-order chi connectivity index (χ0) is 18.9. The minimum Gasteiger partial charge on any atom is -0.451 e. The van der Waals surface area contributed by atoms with Crippen molar-refractivity contribution in [2.75, 3.05) is 5.32 Å². The summed E-state index contributed by atoms with van der Waals surface area (Å²) in [5.41, 5.74) is -0.552. The van der Waals surface area contributed by atoms with Gasteiger partial charge >= 0.3 is 6.18 Å². The highest BCUT2D eigenvalue weighted by Crippen LogP contribution is 2.32. The number of nitrogens with zero attached hydrogens (tertiary/aromatic N) is 2. The molecule has 0 spiro atoms. The van der Waals surface area contributed by atoms with Crippen molar-refractivity contribution >= 4 is 22.4 Å². The van der Waals surface area contributed by atoms with Crippen LogP contribution in [-0.4, -0.2) is 16.1 Å². The largest absolute Gasteiger partial charge is 0.451 e. The van der Waals surface area contributed by atoms with E-state index in [1.54, 1.807) is 0 Å². The predicted molar refractivity (Wildman–Crippen MR) is 91.1 cm³/mol. The summed E-state index contributed by atoms with van der Waals surface area (Å²) in [4.78, 5) is 12.2. The molecule has 3 rings (SSSR count). The Bertz CT molecular complexity index is 931. The van der Waals surface area contributed by atoms with E-state index < -0.39 is 17.6 Å². The van der Waals surface area contributed by atoms with E-state index in [1.165, 1.54) is 35.6 Å². The first-order chi connectivity index (χ1) is 12.2. The molecular formula is C17H14F3N3O2S. The summed E-state index contributed by atoms with van der Waals surface area (Å²) in [5.74, 6) is -0.218. The van der Waals surface area contributed by atoms with Crippen molar-refractivity contribution in [2.24, 2.45) is 0 Å². The highest BCUT2D eigenvalue weighted by molar-refractivity contribution is 7.15. The topological polar surface area (TPSA) is 68.0 Å². The molecule has 2 heterocycles. The number of nitrogens with one attached hydrogen (secondary N) is 1. The van der Waals surface area contributed by atoms with E-state index in [2.05, 4.69) is 15.5 Å². The first kappa shape index (κ1) is 18.1. The minimum atomic E-state index is -4.45. The summed E-state index contributed by atoms with van der Waals surface area (Å²) >= 11 is 1.25. The summed E-state index contributed by atoms with van der Waals surface area (Å²) in [6.45, 7) is 3.92. The molecular weight excluding hydrogens is 367 g/mol. The number of aromatic nitrogens is 2. The Morgan fingerprint density at radius 2 is 1.96 bits per heavy atom. The highest BCUT2D eigenvalue weighted by atomic mass is 32.1. The number of anilines is 1. The Balaban J connectivity index is 1.78. The Morgan fingerprint density at radius 3 is 2.62 bits per heavy atom. The van der Waals surface area contributed by atoms with Gasteiger partial charge in [0.25, 0.3) is 5.91 Å². The van der Waals surface area contributed by atoms with Crippen molar-refractivity contribution < 1.29 is 22.4 Å². The molecule has 0 saturated heterocycles. The second kappa shape index (κ2) is 6.91. The molecule has 1 aromatic carbocycles. The van der Waals surface area contributed by atoms with Crippen LogP contribution in [0, 0.1) is 0 Å². The van der Waals surface area contributed by atoms with Gasteiger partial charge in [0, 0.05) is 11.5 Å². The summed E-state index contributed by atoms with van der Waals surface area (Å²) < 4.78 is 43.8. The number of rotatable bonds is 4. The van der Waals surface area contributed by atoms with E-state index in [-0.39, 0.29) is 23.0 Å². The number of hydrogen-bond acceptors (Lipinski definition) is 5. The van der Waals surface area contributed by atoms with Gasteiger partial charge < -0.3 is 4.42 Å². The third-order valence-electron chi connectivity index (χ3n) is 3.46. The van der Waals surface area contributed by atoms with E-state index in [4.69, 9.17) is 4.42 Å². The van der Waals surface area contributed by atoms with Crippen LogP contribution in [0.3, 0.4) is 0 Å². The highest BCUT2D eigenvalue weighted by Gasteiger charge is 2.30. The number of carbonyl (C=O) groups is 1. The Hall–Kier alpha value is -2.68. The number of alkyl halides is 3. The lowest BCUT2D eigenvalue weighted by Gasteiger charge is -2.07. The second-order valence-electron chi connectivity index (χ2n) is 5.80. The molecule has 0 aliphatic rings. The first-order valence-corrected chi connectivity index (χ1v) is 8.48. The van der Waals surface area contributed by atoms with Crippen molar-refractivity contribution in [1.82, 2.24) is 10.2 Å². The van der Waals surface area contributed by atoms with E-state index in [0.717, 1.165) is 17.1 Å². The number of benzene rings is 1. The van der Waals surface area contributed by atoms with E-state index >= 15 is 0 Å². The first-order valence-electron chi connectivity index (χ1n) is 7.66. The number of furan rings is 1. The van der Waals surface area contributed by atoms with E-state index in [0.29, 0.717) is 5.13 Å².